The quantitative estimate of drug-likeness (QED) is 0.562. The van der Waals surface area contributed by atoms with Gasteiger partial charge in [0.05, 0.1) is 6.54 Å². The highest BCUT2D eigenvalue weighted by Crippen LogP contribution is 2.18. The molecule has 1 heterocycles. The molecule has 0 aliphatic heterocycles. The molecule has 6 heteroatoms. The SMILES string of the molecule is CCOCCCC(=O)N(C)Cc1cc(/C=C/C(=O)O)cs1. The summed E-state index contributed by atoms with van der Waals surface area (Å²) in [6, 6.07) is 1.90. The number of aliphatic carboxylic acids is 1. The van der Waals surface area contributed by atoms with E-state index in [0.717, 1.165) is 22.9 Å². The van der Waals surface area contributed by atoms with Crippen molar-refractivity contribution in [2.45, 2.75) is 26.3 Å². The molecule has 1 rings (SSSR count). The maximum Gasteiger partial charge on any atom is 0.328 e. The Hall–Kier alpha value is -1.66. The predicted molar refractivity (Wildman–Crippen MR) is 83.2 cm³/mol. The molecular formula is C15H21NO4S. The Morgan fingerprint density at radius 3 is 2.90 bits per heavy atom. The first-order valence-electron chi connectivity index (χ1n) is 6.83. The third kappa shape index (κ3) is 7.06. The largest absolute Gasteiger partial charge is 0.478 e. The Morgan fingerprint density at radius 2 is 2.24 bits per heavy atom. The van der Waals surface area contributed by atoms with E-state index in [-0.39, 0.29) is 5.91 Å². The second kappa shape index (κ2) is 9.31. The summed E-state index contributed by atoms with van der Waals surface area (Å²) in [5.74, 6) is -0.880. The first-order valence-corrected chi connectivity index (χ1v) is 7.71. The van der Waals surface area contributed by atoms with Crippen molar-refractivity contribution >= 4 is 29.3 Å². The molecule has 116 valence electrons. The number of carbonyl (C=O) groups excluding carboxylic acids is 1. The van der Waals surface area contributed by atoms with E-state index in [9.17, 15) is 9.59 Å². The second-order valence-electron chi connectivity index (χ2n) is 4.57. The lowest BCUT2D eigenvalue weighted by Gasteiger charge is -2.16. The zero-order valence-corrected chi connectivity index (χ0v) is 13.2. The summed E-state index contributed by atoms with van der Waals surface area (Å²) < 4.78 is 5.21. The van der Waals surface area contributed by atoms with E-state index in [0.29, 0.717) is 26.2 Å². The predicted octanol–water partition coefficient (Wildman–Crippen LogP) is 2.62. The van der Waals surface area contributed by atoms with Crippen LogP contribution in [-0.2, 0) is 20.9 Å². The molecule has 1 aromatic heterocycles. The van der Waals surface area contributed by atoms with E-state index in [1.165, 1.54) is 11.3 Å². The zero-order valence-electron chi connectivity index (χ0n) is 12.4. The number of rotatable bonds is 9. The summed E-state index contributed by atoms with van der Waals surface area (Å²) in [6.07, 6.45) is 3.86. The Labute approximate surface area is 128 Å². The molecule has 1 aromatic rings. The third-order valence-electron chi connectivity index (χ3n) is 2.79. The number of hydrogen-bond acceptors (Lipinski definition) is 4. The number of carboxylic acid groups (broad SMARTS) is 1. The highest BCUT2D eigenvalue weighted by Gasteiger charge is 2.10. The fourth-order valence-electron chi connectivity index (χ4n) is 1.72. The van der Waals surface area contributed by atoms with Crippen molar-refractivity contribution in [2.24, 2.45) is 0 Å². The van der Waals surface area contributed by atoms with E-state index in [1.54, 1.807) is 18.0 Å². The highest BCUT2D eigenvalue weighted by molar-refractivity contribution is 7.10. The summed E-state index contributed by atoms with van der Waals surface area (Å²) in [4.78, 5) is 25.1. The molecule has 5 nitrogen and oxygen atoms in total. The smallest absolute Gasteiger partial charge is 0.328 e. The van der Waals surface area contributed by atoms with Gasteiger partial charge in [0.25, 0.3) is 0 Å². The van der Waals surface area contributed by atoms with Crippen LogP contribution >= 0.6 is 11.3 Å². The molecule has 0 saturated heterocycles. The lowest BCUT2D eigenvalue weighted by atomic mass is 10.2. The van der Waals surface area contributed by atoms with Crippen molar-refractivity contribution in [1.82, 2.24) is 4.90 Å². The Morgan fingerprint density at radius 1 is 1.48 bits per heavy atom. The van der Waals surface area contributed by atoms with Crippen LogP contribution in [-0.4, -0.2) is 42.1 Å². The molecule has 0 aromatic carbocycles. The fourth-order valence-corrected chi connectivity index (χ4v) is 2.62. The van der Waals surface area contributed by atoms with Crippen LogP contribution in [0.4, 0.5) is 0 Å². The molecule has 0 saturated carbocycles. The van der Waals surface area contributed by atoms with Gasteiger partial charge in [-0.3, -0.25) is 4.79 Å². The van der Waals surface area contributed by atoms with Crippen molar-refractivity contribution in [3.05, 3.63) is 28.0 Å². The fraction of sp³-hybridized carbons (Fsp3) is 0.467. The zero-order chi connectivity index (χ0) is 15.7. The Kier molecular flexibility index (Phi) is 7.71. The Bertz CT molecular complexity index is 496. The first-order chi connectivity index (χ1) is 10.0. The summed E-state index contributed by atoms with van der Waals surface area (Å²) >= 11 is 1.52. The molecule has 0 radical (unpaired) electrons. The van der Waals surface area contributed by atoms with Crippen molar-refractivity contribution in [1.29, 1.82) is 0 Å². The highest BCUT2D eigenvalue weighted by atomic mass is 32.1. The van der Waals surface area contributed by atoms with E-state index in [1.807, 2.05) is 18.4 Å². The molecule has 0 spiro atoms. The van der Waals surface area contributed by atoms with E-state index in [4.69, 9.17) is 9.84 Å². The first kappa shape index (κ1) is 17.4. The number of hydrogen-bond donors (Lipinski definition) is 1. The molecule has 0 aliphatic carbocycles. The minimum Gasteiger partial charge on any atom is -0.478 e. The van der Waals surface area contributed by atoms with E-state index < -0.39 is 5.97 Å². The summed E-state index contributed by atoms with van der Waals surface area (Å²) in [6.45, 7) is 3.76. The molecule has 21 heavy (non-hydrogen) atoms. The maximum absolute atomic E-state index is 11.9. The van der Waals surface area contributed by atoms with E-state index >= 15 is 0 Å². The molecule has 0 bridgehead atoms. The normalized spacial score (nSPS) is 11.0. The number of amides is 1. The number of thiophene rings is 1. The summed E-state index contributed by atoms with van der Waals surface area (Å²) in [7, 11) is 1.77. The lowest BCUT2D eigenvalue weighted by molar-refractivity contribution is -0.131. The van der Waals surface area contributed by atoms with E-state index in [2.05, 4.69) is 0 Å². The lowest BCUT2D eigenvalue weighted by Crippen LogP contribution is -2.25. The standard InChI is InChI=1S/C15H21NO4S/c1-3-20-8-4-5-14(17)16(2)10-13-9-12(11-21-13)6-7-15(18)19/h6-7,9,11H,3-5,8,10H2,1-2H3,(H,18,19)/b7-6+. The number of carbonyl (C=O) groups is 2. The molecule has 1 N–H and O–H groups in total. The van der Waals surface area contributed by atoms with Gasteiger partial charge in [0, 0.05) is 37.6 Å². The van der Waals surface area contributed by atoms with Crippen LogP contribution in [0.2, 0.25) is 0 Å². The summed E-state index contributed by atoms with van der Waals surface area (Å²) in [5, 5.41) is 10.5. The van der Waals surface area contributed by atoms with Gasteiger partial charge in [-0.05, 0) is 36.4 Å². The summed E-state index contributed by atoms with van der Waals surface area (Å²) in [5.41, 5.74) is 0.842. The topological polar surface area (TPSA) is 66.8 Å². The van der Waals surface area contributed by atoms with Gasteiger partial charge in [0.15, 0.2) is 0 Å². The molecule has 0 unspecified atom stereocenters. The van der Waals surface area contributed by atoms with Gasteiger partial charge in [0.2, 0.25) is 5.91 Å². The van der Waals surface area contributed by atoms with Crippen LogP contribution in [0.25, 0.3) is 6.08 Å². The van der Waals surface area contributed by atoms with Crippen LogP contribution in [0, 0.1) is 0 Å². The van der Waals surface area contributed by atoms with Gasteiger partial charge >= 0.3 is 5.97 Å². The van der Waals surface area contributed by atoms with Crippen LogP contribution in [0.5, 0.6) is 0 Å². The minimum atomic E-state index is -0.968. The van der Waals surface area contributed by atoms with Crippen molar-refractivity contribution in [3.8, 4) is 0 Å². The Balaban J connectivity index is 2.41. The van der Waals surface area contributed by atoms with Crippen molar-refractivity contribution < 1.29 is 19.4 Å². The third-order valence-corrected chi connectivity index (χ3v) is 3.73. The second-order valence-corrected chi connectivity index (χ2v) is 5.56. The number of carboxylic acids is 1. The van der Waals surface area contributed by atoms with Gasteiger partial charge in [-0.2, -0.15) is 0 Å². The van der Waals surface area contributed by atoms with Crippen LogP contribution in [0.3, 0.4) is 0 Å². The number of ether oxygens (including phenoxy) is 1. The average Bonchev–Trinajstić information content (AvgIpc) is 2.88. The van der Waals surface area contributed by atoms with Gasteiger partial charge < -0.3 is 14.7 Å². The average molecular weight is 311 g/mol. The molecule has 0 fully saturated rings. The molecule has 0 aliphatic rings. The van der Waals surface area contributed by atoms with Gasteiger partial charge in [0.1, 0.15) is 0 Å². The molecular weight excluding hydrogens is 290 g/mol. The van der Waals surface area contributed by atoms with Gasteiger partial charge in [-0.1, -0.05) is 0 Å². The van der Waals surface area contributed by atoms with Crippen LogP contribution in [0.1, 0.15) is 30.2 Å². The van der Waals surface area contributed by atoms with Crippen LogP contribution in [0.15, 0.2) is 17.5 Å². The minimum absolute atomic E-state index is 0.0886. The maximum atomic E-state index is 11.9. The van der Waals surface area contributed by atoms with Crippen molar-refractivity contribution in [3.63, 3.8) is 0 Å². The van der Waals surface area contributed by atoms with Crippen molar-refractivity contribution in [2.75, 3.05) is 20.3 Å². The van der Waals surface area contributed by atoms with Crippen LogP contribution < -0.4 is 0 Å². The molecule has 0 atom stereocenters. The van der Waals surface area contributed by atoms with Gasteiger partial charge in [-0.25, -0.2) is 4.79 Å². The van der Waals surface area contributed by atoms with Gasteiger partial charge in [-0.15, -0.1) is 11.3 Å². The monoisotopic (exact) mass is 311 g/mol. The number of nitrogens with zero attached hydrogens (tertiary/aromatic N) is 1. The molecule has 1 amide bonds.